The fraction of sp³-hybridized carbons (Fsp3) is 0.200. The summed E-state index contributed by atoms with van der Waals surface area (Å²) in [6.07, 6.45) is 0. The van der Waals surface area contributed by atoms with E-state index in [1.54, 1.807) is 6.07 Å². The molecule has 0 N–H and O–H groups in total. The summed E-state index contributed by atoms with van der Waals surface area (Å²) in [7, 11) is 2.16. The van der Waals surface area contributed by atoms with E-state index in [0.717, 1.165) is 5.56 Å². The monoisotopic (exact) mass is 258 g/mol. The molecule has 0 heterocycles. The average molecular weight is 258 g/mol. The van der Waals surface area contributed by atoms with Crippen molar-refractivity contribution in [2.24, 2.45) is 0 Å². The lowest BCUT2D eigenvalue weighted by atomic mass is 10.1. The highest BCUT2D eigenvalue weighted by atomic mass is 28.2. The van der Waals surface area contributed by atoms with E-state index in [1.165, 1.54) is 18.4 Å². The van der Waals surface area contributed by atoms with Crippen molar-refractivity contribution in [1.82, 2.24) is 0 Å². The number of methoxy groups -OCH3 is 1. The smallest absolute Gasteiger partial charge is 0.165 e. The maximum atomic E-state index is 13.3. The molecule has 1 atom stereocenters. The van der Waals surface area contributed by atoms with Gasteiger partial charge in [-0.15, -0.1) is 0 Å². The van der Waals surface area contributed by atoms with Gasteiger partial charge in [-0.3, -0.25) is 0 Å². The van der Waals surface area contributed by atoms with Gasteiger partial charge in [0.2, 0.25) is 0 Å². The Labute approximate surface area is 109 Å². The Kier molecular flexibility index (Phi) is 4.15. The Morgan fingerprint density at radius 2 is 1.83 bits per heavy atom. The molecule has 0 amide bonds. The lowest BCUT2D eigenvalue weighted by Gasteiger charge is -2.12. The molecule has 0 spiro atoms. The van der Waals surface area contributed by atoms with Gasteiger partial charge in [0.05, 0.1) is 16.6 Å². The second kappa shape index (κ2) is 5.82. The minimum absolute atomic E-state index is 0.309. The van der Waals surface area contributed by atoms with Crippen molar-refractivity contribution in [3.05, 3.63) is 59.9 Å². The van der Waals surface area contributed by atoms with E-state index in [1.807, 2.05) is 24.3 Å². The van der Waals surface area contributed by atoms with Crippen LogP contribution >= 0.6 is 0 Å². The summed E-state index contributed by atoms with van der Waals surface area (Å²) >= 11 is 0. The summed E-state index contributed by atoms with van der Waals surface area (Å²) in [5.74, 6) is 0.00806. The maximum absolute atomic E-state index is 13.3. The molecule has 0 aromatic heterocycles. The summed E-state index contributed by atoms with van der Waals surface area (Å²) in [6.45, 7) is 2.15. The van der Waals surface area contributed by atoms with Gasteiger partial charge in [0.1, 0.15) is 0 Å². The predicted molar refractivity (Wildman–Crippen MR) is 73.2 cm³/mol. The Hall–Kier alpha value is -1.61. The van der Waals surface area contributed by atoms with Crippen LogP contribution in [-0.4, -0.2) is 16.6 Å². The van der Waals surface area contributed by atoms with E-state index < -0.39 is 0 Å². The Bertz CT molecular complexity index is 513. The van der Waals surface area contributed by atoms with Crippen molar-refractivity contribution >= 4 is 14.7 Å². The van der Waals surface area contributed by atoms with Crippen molar-refractivity contribution in [3.63, 3.8) is 0 Å². The topological polar surface area (TPSA) is 9.23 Å². The van der Waals surface area contributed by atoms with Gasteiger partial charge in [0, 0.05) is 0 Å². The second-order valence-electron chi connectivity index (χ2n) is 4.13. The molecule has 92 valence electrons. The van der Waals surface area contributed by atoms with Gasteiger partial charge in [0.25, 0.3) is 0 Å². The molecular weight excluding hydrogens is 243 g/mol. The number of hydrogen-bond donors (Lipinski definition) is 0. The predicted octanol–water partition coefficient (Wildman–Crippen LogP) is 2.93. The maximum Gasteiger partial charge on any atom is 0.165 e. The highest BCUT2D eigenvalue weighted by Gasteiger charge is 2.11. The molecule has 2 rings (SSSR count). The van der Waals surface area contributed by atoms with Gasteiger partial charge in [-0.2, -0.15) is 0 Å². The van der Waals surface area contributed by atoms with Gasteiger partial charge < -0.3 is 4.74 Å². The number of ether oxygens (including phenoxy) is 1. The van der Waals surface area contributed by atoms with Crippen molar-refractivity contribution in [2.45, 2.75) is 12.5 Å². The Morgan fingerprint density at radius 3 is 2.50 bits per heavy atom. The van der Waals surface area contributed by atoms with Crippen LogP contribution < -0.4 is 9.92 Å². The van der Waals surface area contributed by atoms with Crippen LogP contribution in [0.2, 0.25) is 0 Å². The van der Waals surface area contributed by atoms with Crippen LogP contribution in [0.4, 0.5) is 4.39 Å². The van der Waals surface area contributed by atoms with Gasteiger partial charge in [-0.1, -0.05) is 48.5 Å². The van der Waals surface area contributed by atoms with E-state index in [-0.39, 0.29) is 5.82 Å². The molecule has 1 nitrogen and oxygen atoms in total. The molecule has 0 aliphatic rings. The zero-order chi connectivity index (χ0) is 13.0. The number of hydrogen-bond acceptors (Lipinski definition) is 1. The summed E-state index contributed by atoms with van der Waals surface area (Å²) in [6, 6.07) is 15.4. The van der Waals surface area contributed by atoms with Crippen LogP contribution in [-0.2, 0) is 0 Å². The standard InChI is InChI=1S/C15H15FOSi/c1-11(18-13-6-4-3-5-7-13)12-8-9-14(16)15(10-12)17-2/h3-11H,1-2H3. The fourth-order valence-electron chi connectivity index (χ4n) is 1.81. The Balaban J connectivity index is 2.16. The molecule has 2 aromatic rings. The van der Waals surface area contributed by atoms with Gasteiger partial charge in [0.15, 0.2) is 11.6 Å². The molecule has 0 saturated heterocycles. The first-order valence-corrected chi connectivity index (χ1v) is 6.93. The SMILES string of the molecule is COc1cc(C(C)[Si]c2ccccc2)ccc1F. The van der Waals surface area contributed by atoms with Crippen LogP contribution in [0.3, 0.4) is 0 Å². The molecule has 2 radical (unpaired) electrons. The quantitative estimate of drug-likeness (QED) is 0.766. The highest BCUT2D eigenvalue weighted by Crippen LogP contribution is 2.23. The fourth-order valence-corrected chi connectivity index (χ4v) is 3.04. The average Bonchev–Trinajstić information content (AvgIpc) is 2.40. The molecule has 0 bridgehead atoms. The van der Waals surface area contributed by atoms with Crippen molar-refractivity contribution < 1.29 is 9.13 Å². The lowest BCUT2D eigenvalue weighted by Crippen LogP contribution is -2.19. The van der Waals surface area contributed by atoms with Gasteiger partial charge in [-0.25, -0.2) is 4.39 Å². The first-order valence-electron chi connectivity index (χ1n) is 5.85. The Morgan fingerprint density at radius 1 is 1.11 bits per heavy atom. The molecular formula is C15H15FOSi. The first-order chi connectivity index (χ1) is 8.70. The van der Waals surface area contributed by atoms with E-state index in [0.29, 0.717) is 20.8 Å². The van der Waals surface area contributed by atoms with Crippen molar-refractivity contribution in [3.8, 4) is 5.75 Å². The third-order valence-corrected chi connectivity index (χ3v) is 4.27. The molecule has 18 heavy (non-hydrogen) atoms. The minimum Gasteiger partial charge on any atom is -0.494 e. The van der Waals surface area contributed by atoms with Gasteiger partial charge >= 0.3 is 0 Å². The van der Waals surface area contributed by atoms with Crippen LogP contribution in [0.15, 0.2) is 48.5 Å². The summed E-state index contributed by atoms with van der Waals surface area (Å²) in [5.41, 5.74) is 1.47. The van der Waals surface area contributed by atoms with Crippen LogP contribution in [0, 0.1) is 5.82 Å². The molecule has 0 fully saturated rings. The van der Waals surface area contributed by atoms with Crippen LogP contribution in [0.5, 0.6) is 5.75 Å². The normalized spacial score (nSPS) is 12.2. The molecule has 0 saturated carbocycles. The largest absolute Gasteiger partial charge is 0.494 e. The molecule has 3 heteroatoms. The van der Waals surface area contributed by atoms with E-state index in [9.17, 15) is 4.39 Å². The third kappa shape index (κ3) is 2.99. The first kappa shape index (κ1) is 12.8. The third-order valence-electron chi connectivity index (χ3n) is 2.83. The number of halogens is 1. The van der Waals surface area contributed by atoms with Crippen molar-refractivity contribution in [2.75, 3.05) is 7.11 Å². The number of benzene rings is 2. The van der Waals surface area contributed by atoms with E-state index in [2.05, 4.69) is 19.1 Å². The number of rotatable bonds is 4. The van der Waals surface area contributed by atoms with E-state index in [4.69, 9.17) is 4.74 Å². The zero-order valence-electron chi connectivity index (χ0n) is 10.5. The molecule has 0 aliphatic heterocycles. The van der Waals surface area contributed by atoms with Crippen LogP contribution in [0.1, 0.15) is 18.0 Å². The zero-order valence-corrected chi connectivity index (χ0v) is 11.5. The van der Waals surface area contributed by atoms with E-state index >= 15 is 0 Å². The highest BCUT2D eigenvalue weighted by molar-refractivity contribution is 6.54. The lowest BCUT2D eigenvalue weighted by molar-refractivity contribution is 0.386. The summed E-state index contributed by atoms with van der Waals surface area (Å²) < 4.78 is 18.4. The molecule has 2 aromatic carbocycles. The minimum atomic E-state index is -0.309. The van der Waals surface area contributed by atoms with Crippen molar-refractivity contribution in [1.29, 1.82) is 0 Å². The summed E-state index contributed by atoms with van der Waals surface area (Å²) in [4.78, 5) is 0. The van der Waals surface area contributed by atoms with Gasteiger partial charge in [-0.05, 0) is 23.2 Å². The second-order valence-corrected chi connectivity index (χ2v) is 5.86. The van der Waals surface area contributed by atoms with Crippen LogP contribution in [0.25, 0.3) is 0 Å². The molecule has 0 aliphatic carbocycles. The summed E-state index contributed by atoms with van der Waals surface area (Å²) in [5, 5.41) is 1.31. The molecule has 1 unspecified atom stereocenters.